The lowest BCUT2D eigenvalue weighted by Gasteiger charge is -2.32. The van der Waals surface area contributed by atoms with Gasteiger partial charge in [0.25, 0.3) is 0 Å². The van der Waals surface area contributed by atoms with Gasteiger partial charge in [-0.25, -0.2) is 26.3 Å². The molecule has 702 valence electrons. The van der Waals surface area contributed by atoms with Gasteiger partial charge in [-0.05, 0) is 316 Å². The van der Waals surface area contributed by atoms with Gasteiger partial charge in [-0.2, -0.15) is 0 Å². The van der Waals surface area contributed by atoms with E-state index in [1.54, 1.807) is 44.6 Å². The first-order valence-corrected chi connectivity index (χ1v) is 45.3. The van der Waals surface area contributed by atoms with E-state index in [-0.39, 0.29) is 111 Å². The van der Waals surface area contributed by atoms with Gasteiger partial charge in [0.15, 0.2) is 37.7 Å². The number of benzene rings is 6. The normalized spacial score (nSPS) is 21.6. The number of hydrogen-bond donors (Lipinski definition) is 1. The molecular weight excluding hydrogens is 1670 g/mol. The van der Waals surface area contributed by atoms with Crippen molar-refractivity contribution in [1.29, 1.82) is 0 Å². The number of halogens is 6. The third-order valence-corrected chi connectivity index (χ3v) is 22.7. The van der Waals surface area contributed by atoms with Crippen LogP contribution in [-0.4, -0.2) is 196 Å². The highest BCUT2D eigenvalue weighted by molar-refractivity contribution is 6.64. The molecule has 0 saturated carbocycles. The maximum atomic E-state index is 13.7. The Morgan fingerprint density at radius 3 is 0.859 bits per heavy atom. The van der Waals surface area contributed by atoms with Crippen molar-refractivity contribution in [1.82, 2.24) is 0 Å². The van der Waals surface area contributed by atoms with Crippen molar-refractivity contribution in [2.45, 2.75) is 278 Å². The summed E-state index contributed by atoms with van der Waals surface area (Å²) in [5.41, 5.74) is 7.98. The SMILES string of the molecule is CC(C)OB(OC(C)C)c1ccc(F)cc1COC1CCCCO1.CC1(C)OB(c2ccc(F)cc2COC2CCCCO2)OC1(C)C.COB(O)c1ccc(F)cc1COC1CCCCO1.COB(OC)c1ccc(F)cc1COC1CCCCO1.Fc1ccc(B2OCCCO2)c(COC2CCCCO2)c1.Fc1ccc(B2OCCO2)c(COC2CCCCO2)c1. The van der Waals surface area contributed by atoms with Crippen molar-refractivity contribution in [2.24, 2.45) is 0 Å². The van der Waals surface area contributed by atoms with Crippen LogP contribution < -0.4 is 32.8 Å². The first-order chi connectivity index (χ1) is 61.8. The van der Waals surface area contributed by atoms with E-state index in [1.807, 2.05) is 55.4 Å². The average Bonchev–Trinajstić information content (AvgIpc) is 1.61. The van der Waals surface area contributed by atoms with Gasteiger partial charge in [-0.3, -0.25) is 0 Å². The highest BCUT2D eigenvalue weighted by Crippen LogP contribution is 2.37. The zero-order valence-electron chi connectivity index (χ0n) is 76.3. The van der Waals surface area contributed by atoms with Crippen molar-refractivity contribution in [3.63, 3.8) is 0 Å². The summed E-state index contributed by atoms with van der Waals surface area (Å²) in [7, 11) is 0.972. The molecule has 9 aliphatic rings. The Hall–Kier alpha value is -5.67. The molecule has 6 unspecified atom stereocenters. The number of ether oxygens (including phenoxy) is 12. The van der Waals surface area contributed by atoms with Crippen molar-refractivity contribution < 1.29 is 139 Å². The van der Waals surface area contributed by atoms with Gasteiger partial charge in [-0.1, -0.05) is 36.4 Å². The molecule has 6 atom stereocenters. The van der Waals surface area contributed by atoms with Gasteiger partial charge in [0.2, 0.25) is 0 Å². The minimum Gasteiger partial charge on any atom is -0.423 e. The zero-order chi connectivity index (χ0) is 91.2. The molecule has 6 aromatic carbocycles. The van der Waals surface area contributed by atoms with Gasteiger partial charge in [-0.15, -0.1) is 0 Å². The molecule has 24 nitrogen and oxygen atoms in total. The molecule has 0 amide bonds. The lowest BCUT2D eigenvalue weighted by molar-refractivity contribution is -0.169. The van der Waals surface area contributed by atoms with Crippen LogP contribution in [0.15, 0.2) is 109 Å². The fourth-order valence-corrected chi connectivity index (χ4v) is 15.1. The van der Waals surface area contributed by atoms with Crippen molar-refractivity contribution in [3.8, 4) is 0 Å². The molecule has 128 heavy (non-hydrogen) atoms. The lowest BCUT2D eigenvalue weighted by Crippen LogP contribution is -2.43. The molecule has 9 saturated heterocycles. The Balaban J connectivity index is 0.000000160. The Bertz CT molecular complexity index is 4000. The summed E-state index contributed by atoms with van der Waals surface area (Å²) in [5.74, 6) is -1.82. The minimum atomic E-state index is -1.08. The van der Waals surface area contributed by atoms with Crippen molar-refractivity contribution in [2.75, 3.05) is 87.4 Å². The van der Waals surface area contributed by atoms with E-state index in [4.69, 9.17) is 108 Å². The van der Waals surface area contributed by atoms with Crippen LogP contribution in [0.4, 0.5) is 26.3 Å². The largest absolute Gasteiger partial charge is 0.495 e. The zero-order valence-corrected chi connectivity index (χ0v) is 76.3. The molecule has 36 heteroatoms. The van der Waals surface area contributed by atoms with E-state index < -0.39 is 53.9 Å². The topological polar surface area (TPSA) is 233 Å². The molecule has 6 aromatic rings. The summed E-state index contributed by atoms with van der Waals surface area (Å²) in [6.07, 6.45) is 17.8. The molecule has 0 radical (unpaired) electrons. The smallest absolute Gasteiger partial charge is 0.423 e. The molecule has 15 rings (SSSR count). The first kappa shape index (κ1) is 104. The Morgan fingerprint density at radius 1 is 0.320 bits per heavy atom. The average molecular weight is 1800 g/mol. The van der Waals surface area contributed by atoms with Gasteiger partial charge in [0.05, 0.1) is 64.1 Å². The third kappa shape index (κ3) is 34.7. The van der Waals surface area contributed by atoms with Gasteiger partial charge in [0.1, 0.15) is 34.9 Å². The van der Waals surface area contributed by atoms with Crippen LogP contribution in [0.5, 0.6) is 0 Å². The van der Waals surface area contributed by atoms with Gasteiger partial charge < -0.3 is 113 Å². The maximum Gasteiger partial charge on any atom is 0.495 e. The molecule has 0 spiro atoms. The lowest BCUT2D eigenvalue weighted by atomic mass is 9.75. The molecule has 1 N–H and O–H groups in total. The summed E-state index contributed by atoms with van der Waals surface area (Å²) in [4.78, 5) is 0. The predicted octanol–water partition coefficient (Wildman–Crippen LogP) is 13.3. The Kier molecular flexibility index (Phi) is 45.1. The quantitative estimate of drug-likeness (QED) is 0.0315. The second-order valence-electron chi connectivity index (χ2n) is 33.9. The van der Waals surface area contributed by atoms with Crippen LogP contribution in [0.2, 0.25) is 0 Å². The van der Waals surface area contributed by atoms with E-state index in [9.17, 15) is 31.4 Å². The number of hydrogen-bond acceptors (Lipinski definition) is 24. The van der Waals surface area contributed by atoms with Crippen LogP contribution in [0, 0.1) is 34.9 Å². The van der Waals surface area contributed by atoms with E-state index in [2.05, 4.69) is 0 Å². The fourth-order valence-electron chi connectivity index (χ4n) is 15.1. The molecule has 9 fully saturated rings. The number of rotatable bonds is 31. The first-order valence-electron chi connectivity index (χ1n) is 45.3. The molecular formula is C92H130B6F6O24. The molecule has 9 aliphatic heterocycles. The second kappa shape index (κ2) is 55.2. The van der Waals surface area contributed by atoms with Crippen molar-refractivity contribution >= 4 is 75.5 Å². The predicted molar refractivity (Wildman–Crippen MR) is 475 cm³/mol. The van der Waals surface area contributed by atoms with Gasteiger partial charge in [0, 0.05) is 86.4 Å². The summed E-state index contributed by atoms with van der Waals surface area (Å²) < 4.78 is 210. The van der Waals surface area contributed by atoms with Crippen LogP contribution in [0.3, 0.4) is 0 Å². The molecule has 0 aliphatic carbocycles. The van der Waals surface area contributed by atoms with E-state index >= 15 is 0 Å². The Morgan fingerprint density at radius 2 is 0.578 bits per heavy atom. The highest BCUT2D eigenvalue weighted by atomic mass is 19.1. The Labute approximate surface area is 754 Å². The van der Waals surface area contributed by atoms with E-state index in [0.29, 0.717) is 62.8 Å². The fraction of sp³-hybridized carbons (Fsp3) is 0.609. The van der Waals surface area contributed by atoms with Gasteiger partial charge >= 0.3 is 42.7 Å². The monoisotopic (exact) mass is 1800 g/mol. The van der Waals surface area contributed by atoms with Crippen LogP contribution in [0.1, 0.15) is 211 Å². The second-order valence-corrected chi connectivity index (χ2v) is 33.9. The van der Waals surface area contributed by atoms with E-state index in [0.717, 1.165) is 205 Å². The third-order valence-electron chi connectivity index (χ3n) is 22.7. The molecule has 9 heterocycles. The van der Waals surface area contributed by atoms with Crippen LogP contribution >= 0.6 is 0 Å². The highest BCUT2D eigenvalue weighted by Gasteiger charge is 2.52. The summed E-state index contributed by atoms with van der Waals surface area (Å²) in [6.45, 7) is 24.2. The molecule has 0 bridgehead atoms. The molecule has 0 aromatic heterocycles. The standard InChI is InChI=1S/C18H26BFO4.C18H28BFO4.C15H20BFO4.C14H18BFO4.C14H20BFO4.C13H18BFO4/c1-17(2)18(3,4)24-19(23-17)15-9-8-14(20)11-13(15)12-22-16-7-5-6-10-21-16;1-13(2)23-19(24-14(3)4)17-9-8-16(20)11-15(17)12-22-18-7-5-6-10-21-18;17-13-5-6-14(16-20-8-3-9-21-16)12(10-13)11-19-15-4-1-2-7-18-15;16-12-4-5-13(15-19-7-8-20-15)11(9-12)10-18-14-3-1-2-6-17-14;1-17-15(18-2)13-7-6-12(16)9-11(13)10-20-14-5-3-4-8-19-14;1-17-14(16)12-6-5-11(15)8-10(12)9-19-13-4-2-3-7-18-13/h8-9,11,16H,5-7,10,12H2,1-4H3;8-9,11,13-14,18H,5-7,10,12H2,1-4H3;5-6,10,15H,1-4,7-9,11H2;4-5,9,14H,1-3,6-8,10H2;6-7,9,14H,3-5,8,10H2,1-2H3;5-6,8,13,16H,2-4,7,9H2,1H3. The minimum absolute atomic E-state index is 0.00532. The van der Waals surface area contributed by atoms with Crippen molar-refractivity contribution in [3.05, 3.63) is 177 Å². The van der Waals surface area contributed by atoms with E-state index in [1.165, 1.54) is 86.0 Å². The summed E-state index contributed by atoms with van der Waals surface area (Å²) >= 11 is 0. The maximum absolute atomic E-state index is 13.7. The van der Waals surface area contributed by atoms with Crippen LogP contribution in [0.25, 0.3) is 0 Å². The van der Waals surface area contributed by atoms with Crippen LogP contribution in [-0.2, 0) is 148 Å². The summed E-state index contributed by atoms with van der Waals surface area (Å²) in [6, 6.07) is 27.1. The summed E-state index contributed by atoms with van der Waals surface area (Å²) in [5, 5.41) is 9.71.